The fraction of sp³-hybridized carbons (Fsp3) is 0. The van der Waals surface area contributed by atoms with Gasteiger partial charge in [0.1, 0.15) is 16.9 Å². The Labute approximate surface area is 134 Å². The molecular formula is C14H11ClO8. The molecule has 0 aliphatic rings. The monoisotopic (exact) mass is 342 g/mol. The Morgan fingerprint density at radius 3 is 1.87 bits per heavy atom. The van der Waals surface area contributed by atoms with Gasteiger partial charge in [0.05, 0.1) is 5.02 Å². The van der Waals surface area contributed by atoms with Gasteiger partial charge in [0, 0.05) is 0 Å². The highest BCUT2D eigenvalue weighted by Gasteiger charge is 2.14. The number of carboxylic acid groups (broad SMARTS) is 2. The van der Waals surface area contributed by atoms with Gasteiger partial charge in [0.2, 0.25) is 5.75 Å². The van der Waals surface area contributed by atoms with Crippen LogP contribution >= 0.6 is 11.6 Å². The summed E-state index contributed by atoms with van der Waals surface area (Å²) in [5.41, 5.74) is -0.477. The molecule has 0 unspecified atom stereocenters. The summed E-state index contributed by atoms with van der Waals surface area (Å²) in [5, 5.41) is 43.3. The molecule has 23 heavy (non-hydrogen) atoms. The van der Waals surface area contributed by atoms with Crippen LogP contribution in [-0.2, 0) is 0 Å². The minimum atomic E-state index is -1.28. The number of para-hydroxylation sites is 2. The van der Waals surface area contributed by atoms with E-state index in [1.165, 1.54) is 36.4 Å². The number of carbonyl (C=O) groups is 2. The first-order valence-electron chi connectivity index (χ1n) is 5.87. The van der Waals surface area contributed by atoms with Crippen LogP contribution in [0.2, 0.25) is 5.02 Å². The van der Waals surface area contributed by atoms with Crippen LogP contribution in [-0.4, -0.2) is 37.6 Å². The standard InChI is InChI=1S/C7H5ClO3.C7H6O5/c8-5-3-1-2-4(6(5)9)7(10)11;8-5-3-1-2-4(7(9)10)6(5)12-11/h1-3,9H,(H,10,11);1-3,8,11H,(H,9,10). The summed E-state index contributed by atoms with van der Waals surface area (Å²) in [6.07, 6.45) is 0. The first-order chi connectivity index (χ1) is 10.8. The van der Waals surface area contributed by atoms with Crippen molar-refractivity contribution in [1.82, 2.24) is 0 Å². The van der Waals surface area contributed by atoms with Crippen molar-refractivity contribution in [3.8, 4) is 17.2 Å². The number of aromatic carboxylic acids is 2. The zero-order valence-corrected chi connectivity index (χ0v) is 12.1. The van der Waals surface area contributed by atoms with Gasteiger partial charge in [-0.2, -0.15) is 0 Å². The second kappa shape index (κ2) is 7.87. The van der Waals surface area contributed by atoms with E-state index < -0.39 is 23.4 Å². The molecule has 0 heterocycles. The molecule has 0 aliphatic heterocycles. The van der Waals surface area contributed by atoms with Gasteiger partial charge in [-0.25, -0.2) is 14.8 Å². The highest BCUT2D eigenvalue weighted by molar-refractivity contribution is 6.32. The van der Waals surface area contributed by atoms with Gasteiger partial charge in [-0.15, -0.1) is 0 Å². The van der Waals surface area contributed by atoms with Crippen LogP contribution in [0.3, 0.4) is 0 Å². The second-order valence-electron chi connectivity index (χ2n) is 3.99. The van der Waals surface area contributed by atoms with Gasteiger partial charge in [0.25, 0.3) is 0 Å². The van der Waals surface area contributed by atoms with E-state index in [9.17, 15) is 9.59 Å². The number of hydrogen-bond donors (Lipinski definition) is 5. The highest BCUT2D eigenvalue weighted by Crippen LogP contribution is 2.29. The van der Waals surface area contributed by atoms with Gasteiger partial charge in [0.15, 0.2) is 5.75 Å². The summed E-state index contributed by atoms with van der Waals surface area (Å²) in [5.74, 6) is -3.73. The van der Waals surface area contributed by atoms with Crippen LogP contribution in [0.25, 0.3) is 0 Å². The molecule has 0 amide bonds. The third-order valence-electron chi connectivity index (χ3n) is 2.53. The maximum atomic E-state index is 10.4. The third kappa shape index (κ3) is 4.50. The third-order valence-corrected chi connectivity index (χ3v) is 2.84. The Morgan fingerprint density at radius 2 is 1.43 bits per heavy atom. The summed E-state index contributed by atoms with van der Waals surface area (Å²) >= 11 is 5.44. The van der Waals surface area contributed by atoms with Crippen molar-refractivity contribution in [2.45, 2.75) is 0 Å². The SMILES string of the molecule is O=C(O)c1cccc(Cl)c1O.O=C(O)c1cccc(O)c1OO. The summed E-state index contributed by atoms with van der Waals surface area (Å²) < 4.78 is 0. The molecule has 0 aliphatic carbocycles. The number of rotatable bonds is 3. The molecule has 0 spiro atoms. The molecule has 122 valence electrons. The molecule has 0 saturated heterocycles. The van der Waals surface area contributed by atoms with Crippen LogP contribution in [0.1, 0.15) is 20.7 Å². The average Bonchev–Trinajstić information content (AvgIpc) is 2.50. The molecule has 0 fully saturated rings. The van der Waals surface area contributed by atoms with E-state index in [1.807, 2.05) is 0 Å². The van der Waals surface area contributed by atoms with Crippen molar-refractivity contribution >= 4 is 23.5 Å². The van der Waals surface area contributed by atoms with E-state index in [-0.39, 0.29) is 21.9 Å². The Hall–Kier alpha value is -2.97. The Morgan fingerprint density at radius 1 is 0.913 bits per heavy atom. The first-order valence-corrected chi connectivity index (χ1v) is 6.24. The number of benzene rings is 2. The number of aromatic hydroxyl groups is 2. The fourth-order valence-electron chi connectivity index (χ4n) is 1.48. The highest BCUT2D eigenvalue weighted by atomic mass is 35.5. The summed E-state index contributed by atoms with van der Waals surface area (Å²) in [6.45, 7) is 0. The van der Waals surface area contributed by atoms with Gasteiger partial charge in [-0.3, -0.25) is 0 Å². The van der Waals surface area contributed by atoms with Gasteiger partial charge < -0.3 is 25.3 Å². The predicted molar refractivity (Wildman–Crippen MR) is 78.4 cm³/mol. The van der Waals surface area contributed by atoms with Crippen LogP contribution < -0.4 is 4.89 Å². The van der Waals surface area contributed by atoms with Gasteiger partial charge in [-0.1, -0.05) is 23.7 Å². The van der Waals surface area contributed by atoms with Crippen LogP contribution in [0.15, 0.2) is 36.4 Å². The van der Waals surface area contributed by atoms with E-state index in [2.05, 4.69) is 4.89 Å². The summed E-state index contributed by atoms with van der Waals surface area (Å²) in [4.78, 5) is 24.5. The van der Waals surface area contributed by atoms with Crippen molar-refractivity contribution in [3.63, 3.8) is 0 Å². The van der Waals surface area contributed by atoms with Crippen molar-refractivity contribution in [1.29, 1.82) is 0 Å². The molecule has 0 radical (unpaired) electrons. The maximum Gasteiger partial charge on any atom is 0.339 e. The number of phenols is 2. The maximum absolute atomic E-state index is 10.4. The molecule has 0 saturated carbocycles. The smallest absolute Gasteiger partial charge is 0.339 e. The first kappa shape index (κ1) is 18.1. The number of phenolic OH excluding ortho intramolecular Hbond substituents is 1. The fourth-order valence-corrected chi connectivity index (χ4v) is 1.65. The minimum absolute atomic E-state index is 0.0462. The largest absolute Gasteiger partial charge is 0.505 e. The van der Waals surface area contributed by atoms with Crippen molar-refractivity contribution in [2.75, 3.05) is 0 Å². The zero-order chi connectivity index (χ0) is 17.6. The number of halogens is 1. The van der Waals surface area contributed by atoms with E-state index in [1.54, 1.807) is 0 Å². The second-order valence-corrected chi connectivity index (χ2v) is 4.40. The quantitative estimate of drug-likeness (QED) is 0.423. The molecule has 5 N–H and O–H groups in total. The lowest BCUT2D eigenvalue weighted by Gasteiger charge is -2.02. The predicted octanol–water partition coefficient (Wildman–Crippen LogP) is 2.69. The molecule has 2 aromatic carbocycles. The van der Waals surface area contributed by atoms with Crippen molar-refractivity contribution in [2.24, 2.45) is 0 Å². The lowest BCUT2D eigenvalue weighted by molar-refractivity contribution is -0.139. The normalized spacial score (nSPS) is 9.48. The number of hydrogen-bond acceptors (Lipinski definition) is 6. The Bertz CT molecular complexity index is 729. The van der Waals surface area contributed by atoms with Gasteiger partial charge >= 0.3 is 11.9 Å². The summed E-state index contributed by atoms with van der Waals surface area (Å²) in [7, 11) is 0. The molecule has 8 nitrogen and oxygen atoms in total. The molecule has 0 bridgehead atoms. The zero-order valence-electron chi connectivity index (χ0n) is 11.3. The molecule has 9 heteroatoms. The van der Waals surface area contributed by atoms with Crippen LogP contribution in [0.4, 0.5) is 0 Å². The lowest BCUT2D eigenvalue weighted by atomic mass is 10.2. The topological polar surface area (TPSA) is 145 Å². The van der Waals surface area contributed by atoms with E-state index in [0.717, 1.165) is 0 Å². The van der Waals surface area contributed by atoms with Crippen molar-refractivity contribution < 1.29 is 40.2 Å². The average molecular weight is 343 g/mol. The van der Waals surface area contributed by atoms with E-state index in [4.69, 9.17) is 37.3 Å². The Kier molecular flexibility index (Phi) is 6.19. The molecule has 0 aromatic heterocycles. The molecule has 2 rings (SSSR count). The van der Waals surface area contributed by atoms with E-state index >= 15 is 0 Å². The molecule has 2 aromatic rings. The summed E-state index contributed by atoms with van der Waals surface area (Å²) in [6, 6.07) is 7.91. The van der Waals surface area contributed by atoms with Crippen molar-refractivity contribution in [3.05, 3.63) is 52.5 Å². The van der Waals surface area contributed by atoms with Crippen LogP contribution in [0, 0.1) is 0 Å². The van der Waals surface area contributed by atoms with Gasteiger partial charge in [-0.05, 0) is 24.3 Å². The molecule has 0 atom stereocenters. The minimum Gasteiger partial charge on any atom is -0.505 e. The molecular weight excluding hydrogens is 332 g/mol. The van der Waals surface area contributed by atoms with Crippen LogP contribution in [0.5, 0.6) is 17.2 Å². The Balaban J connectivity index is 0.000000231. The number of carboxylic acids is 2. The van der Waals surface area contributed by atoms with E-state index in [0.29, 0.717) is 0 Å². The lowest BCUT2D eigenvalue weighted by Crippen LogP contribution is -2.00.